The standard InChI is InChI=1S/C28H33N3O5S/c1-20-15-21(2)28(22(3)16-20)37(33,34)31(14-13-23-9-7-6-8-10-23)19-27(32)30-29-18-24-11-12-25(35-4)17-26(24)36-5/h6-12,15-18H,13-14,19H2,1-5H3,(H,30,32)/b29-18+. The van der Waals surface area contributed by atoms with Gasteiger partial charge in [0.2, 0.25) is 10.0 Å². The number of carbonyl (C=O) groups is 1. The van der Waals surface area contributed by atoms with Gasteiger partial charge in [-0.15, -0.1) is 0 Å². The Kier molecular flexibility index (Phi) is 9.43. The van der Waals surface area contributed by atoms with Crippen molar-refractivity contribution in [2.24, 2.45) is 5.10 Å². The molecule has 0 saturated carbocycles. The van der Waals surface area contributed by atoms with E-state index in [0.29, 0.717) is 34.6 Å². The van der Waals surface area contributed by atoms with Crippen molar-refractivity contribution in [2.75, 3.05) is 27.3 Å². The van der Waals surface area contributed by atoms with E-state index in [1.165, 1.54) is 17.6 Å². The normalized spacial score (nSPS) is 11.6. The summed E-state index contributed by atoms with van der Waals surface area (Å²) in [7, 11) is -0.875. The molecule has 0 heterocycles. The molecule has 0 atom stereocenters. The minimum absolute atomic E-state index is 0.141. The summed E-state index contributed by atoms with van der Waals surface area (Å²) in [6.45, 7) is 5.23. The molecule has 0 saturated heterocycles. The predicted octanol–water partition coefficient (Wildman–Crippen LogP) is 4.01. The predicted molar refractivity (Wildman–Crippen MR) is 145 cm³/mol. The average Bonchev–Trinajstić information content (AvgIpc) is 2.86. The molecule has 8 nitrogen and oxygen atoms in total. The Morgan fingerprint density at radius 2 is 1.65 bits per heavy atom. The molecule has 0 aliphatic heterocycles. The lowest BCUT2D eigenvalue weighted by molar-refractivity contribution is -0.121. The second-order valence-corrected chi connectivity index (χ2v) is 10.6. The summed E-state index contributed by atoms with van der Waals surface area (Å²) in [5.74, 6) is 0.594. The van der Waals surface area contributed by atoms with Gasteiger partial charge in [0.1, 0.15) is 11.5 Å². The van der Waals surface area contributed by atoms with Crippen LogP contribution in [0.25, 0.3) is 0 Å². The molecule has 0 bridgehead atoms. The van der Waals surface area contributed by atoms with E-state index in [0.717, 1.165) is 11.1 Å². The Bertz CT molecular complexity index is 1350. The maximum Gasteiger partial charge on any atom is 0.255 e. The smallest absolute Gasteiger partial charge is 0.255 e. The van der Waals surface area contributed by atoms with Crippen LogP contribution in [0.3, 0.4) is 0 Å². The lowest BCUT2D eigenvalue weighted by Crippen LogP contribution is -2.41. The molecule has 0 unspecified atom stereocenters. The number of hydrogen-bond acceptors (Lipinski definition) is 6. The highest BCUT2D eigenvalue weighted by molar-refractivity contribution is 7.89. The number of sulfonamides is 1. The van der Waals surface area contributed by atoms with Crippen LogP contribution in [0.2, 0.25) is 0 Å². The molecule has 3 rings (SSSR count). The van der Waals surface area contributed by atoms with Crippen LogP contribution in [0, 0.1) is 20.8 Å². The number of carbonyl (C=O) groups excluding carboxylic acids is 1. The number of nitrogens with one attached hydrogen (secondary N) is 1. The Morgan fingerprint density at radius 1 is 0.973 bits per heavy atom. The van der Waals surface area contributed by atoms with Gasteiger partial charge in [0.05, 0.1) is 31.9 Å². The summed E-state index contributed by atoms with van der Waals surface area (Å²) in [6, 6.07) is 18.4. The SMILES string of the molecule is COc1ccc(/C=N/NC(=O)CN(CCc2ccccc2)S(=O)(=O)c2c(C)cc(C)cc2C)c(OC)c1. The van der Waals surface area contributed by atoms with Gasteiger partial charge in [-0.05, 0) is 56.0 Å². The van der Waals surface area contributed by atoms with Crippen molar-refractivity contribution in [2.45, 2.75) is 32.1 Å². The summed E-state index contributed by atoms with van der Waals surface area (Å²) in [6.07, 6.45) is 1.90. The first-order chi connectivity index (χ1) is 17.6. The molecule has 1 amide bonds. The van der Waals surface area contributed by atoms with Crippen molar-refractivity contribution in [3.63, 3.8) is 0 Å². The van der Waals surface area contributed by atoms with Crippen molar-refractivity contribution in [1.29, 1.82) is 0 Å². The summed E-state index contributed by atoms with van der Waals surface area (Å²) in [5, 5.41) is 4.01. The number of amides is 1. The molecule has 1 N–H and O–H groups in total. The number of aryl methyl sites for hydroxylation is 3. The fourth-order valence-electron chi connectivity index (χ4n) is 4.18. The van der Waals surface area contributed by atoms with Gasteiger partial charge in [0, 0.05) is 18.2 Å². The highest BCUT2D eigenvalue weighted by Crippen LogP contribution is 2.26. The van der Waals surface area contributed by atoms with Crippen LogP contribution < -0.4 is 14.9 Å². The number of methoxy groups -OCH3 is 2. The summed E-state index contributed by atoms with van der Waals surface area (Å²) < 4.78 is 39.3. The Morgan fingerprint density at radius 3 is 2.27 bits per heavy atom. The number of rotatable bonds is 11. The highest BCUT2D eigenvalue weighted by Gasteiger charge is 2.29. The second-order valence-electron chi connectivity index (χ2n) is 8.70. The number of hydrazone groups is 1. The molecule has 0 radical (unpaired) electrons. The molecule has 0 aromatic heterocycles. The van der Waals surface area contributed by atoms with E-state index < -0.39 is 15.9 Å². The van der Waals surface area contributed by atoms with Gasteiger partial charge in [-0.1, -0.05) is 48.0 Å². The lowest BCUT2D eigenvalue weighted by Gasteiger charge is -2.24. The third-order valence-corrected chi connectivity index (χ3v) is 8.00. The van der Waals surface area contributed by atoms with Gasteiger partial charge >= 0.3 is 0 Å². The Balaban J connectivity index is 1.82. The van der Waals surface area contributed by atoms with Crippen LogP contribution in [-0.2, 0) is 21.2 Å². The summed E-state index contributed by atoms with van der Waals surface area (Å²) in [4.78, 5) is 13.1. The highest BCUT2D eigenvalue weighted by atomic mass is 32.2. The van der Waals surface area contributed by atoms with Crippen molar-refractivity contribution in [1.82, 2.24) is 9.73 Å². The molecule has 37 heavy (non-hydrogen) atoms. The number of hydrogen-bond donors (Lipinski definition) is 1. The van der Waals surface area contributed by atoms with E-state index in [2.05, 4.69) is 10.5 Å². The second kappa shape index (κ2) is 12.5. The summed E-state index contributed by atoms with van der Waals surface area (Å²) >= 11 is 0. The topological polar surface area (TPSA) is 97.3 Å². The van der Waals surface area contributed by atoms with Crippen LogP contribution >= 0.6 is 0 Å². The zero-order chi connectivity index (χ0) is 27.0. The average molecular weight is 524 g/mol. The largest absolute Gasteiger partial charge is 0.497 e. The third-order valence-electron chi connectivity index (χ3n) is 5.85. The molecule has 0 aliphatic rings. The maximum absolute atomic E-state index is 13.8. The number of nitrogens with zero attached hydrogens (tertiary/aromatic N) is 2. The molecule has 196 valence electrons. The van der Waals surface area contributed by atoms with Gasteiger partial charge in [-0.25, -0.2) is 13.8 Å². The molecule has 9 heteroatoms. The molecule has 3 aromatic carbocycles. The first-order valence-corrected chi connectivity index (χ1v) is 13.3. The first kappa shape index (κ1) is 27.9. The monoisotopic (exact) mass is 523 g/mol. The quantitative estimate of drug-likeness (QED) is 0.303. The Hall–Kier alpha value is -3.69. The molecular weight excluding hydrogens is 490 g/mol. The van der Waals surface area contributed by atoms with Crippen LogP contribution in [0.15, 0.2) is 70.7 Å². The van der Waals surface area contributed by atoms with Gasteiger partial charge in [0.15, 0.2) is 0 Å². The third kappa shape index (κ3) is 7.18. The maximum atomic E-state index is 13.8. The number of ether oxygens (including phenoxy) is 2. The molecule has 0 fully saturated rings. The molecule has 0 spiro atoms. The number of benzene rings is 3. The van der Waals surface area contributed by atoms with E-state index in [4.69, 9.17) is 9.47 Å². The van der Waals surface area contributed by atoms with E-state index in [1.807, 2.05) is 49.4 Å². The van der Waals surface area contributed by atoms with E-state index in [1.54, 1.807) is 39.2 Å². The lowest BCUT2D eigenvalue weighted by atomic mass is 10.1. The van der Waals surface area contributed by atoms with Gasteiger partial charge < -0.3 is 9.47 Å². The van der Waals surface area contributed by atoms with E-state index in [-0.39, 0.29) is 18.0 Å². The van der Waals surface area contributed by atoms with E-state index >= 15 is 0 Å². The van der Waals surface area contributed by atoms with Gasteiger partial charge in [-0.3, -0.25) is 4.79 Å². The first-order valence-electron chi connectivity index (χ1n) is 11.8. The van der Waals surface area contributed by atoms with Crippen molar-refractivity contribution in [3.8, 4) is 11.5 Å². The minimum Gasteiger partial charge on any atom is -0.497 e. The molecule has 3 aromatic rings. The van der Waals surface area contributed by atoms with Crippen LogP contribution in [-0.4, -0.2) is 52.2 Å². The summed E-state index contributed by atoms with van der Waals surface area (Å²) in [5.41, 5.74) is 6.31. The van der Waals surface area contributed by atoms with Crippen LogP contribution in [0.5, 0.6) is 11.5 Å². The van der Waals surface area contributed by atoms with E-state index in [9.17, 15) is 13.2 Å². The van der Waals surface area contributed by atoms with Crippen LogP contribution in [0.4, 0.5) is 0 Å². The van der Waals surface area contributed by atoms with Crippen LogP contribution in [0.1, 0.15) is 27.8 Å². The fourth-order valence-corrected chi connectivity index (χ4v) is 5.99. The van der Waals surface area contributed by atoms with Gasteiger partial charge in [0.25, 0.3) is 5.91 Å². The van der Waals surface area contributed by atoms with Gasteiger partial charge in [-0.2, -0.15) is 9.41 Å². The molecule has 0 aliphatic carbocycles. The minimum atomic E-state index is -3.95. The zero-order valence-electron chi connectivity index (χ0n) is 21.8. The zero-order valence-corrected chi connectivity index (χ0v) is 22.6. The van der Waals surface area contributed by atoms with Crippen molar-refractivity contribution < 1.29 is 22.7 Å². The van der Waals surface area contributed by atoms with Crippen molar-refractivity contribution >= 4 is 22.1 Å². The Labute approximate surface area is 219 Å². The fraction of sp³-hybridized carbons (Fsp3) is 0.286. The molecular formula is C28H33N3O5S. The van der Waals surface area contributed by atoms with Crippen molar-refractivity contribution in [3.05, 3.63) is 88.5 Å².